The van der Waals surface area contributed by atoms with E-state index in [0.717, 1.165) is 22.7 Å². The summed E-state index contributed by atoms with van der Waals surface area (Å²) in [5.41, 5.74) is 17.2. The molecule has 1 heterocycles. The number of rotatable bonds is 6. The Balaban J connectivity index is 1.09. The van der Waals surface area contributed by atoms with Gasteiger partial charge in [-0.05, 0) is 104 Å². The summed E-state index contributed by atoms with van der Waals surface area (Å²) in [5, 5.41) is 4.97. The van der Waals surface area contributed by atoms with Crippen LogP contribution in [0, 0.1) is 0 Å². The zero-order valence-corrected chi connectivity index (χ0v) is 32.0. The molecular formula is C55H40N2. The number of benzene rings is 9. The molecule has 10 aromatic rings. The van der Waals surface area contributed by atoms with Gasteiger partial charge in [0.15, 0.2) is 0 Å². The second-order valence-electron chi connectivity index (χ2n) is 15.7. The fourth-order valence-corrected chi connectivity index (χ4v) is 9.61. The Morgan fingerprint density at radius 2 is 0.965 bits per heavy atom. The van der Waals surface area contributed by atoms with Gasteiger partial charge in [0, 0.05) is 38.8 Å². The van der Waals surface area contributed by atoms with Gasteiger partial charge in [0.1, 0.15) is 0 Å². The van der Waals surface area contributed by atoms with E-state index in [0.29, 0.717) is 0 Å². The van der Waals surface area contributed by atoms with Crippen molar-refractivity contribution in [2.24, 2.45) is 0 Å². The Morgan fingerprint density at radius 3 is 1.68 bits per heavy atom. The largest absolute Gasteiger partial charge is 0.310 e. The Kier molecular flexibility index (Phi) is 7.55. The first kappa shape index (κ1) is 33.2. The van der Waals surface area contributed by atoms with Gasteiger partial charge in [-0.25, -0.2) is 0 Å². The van der Waals surface area contributed by atoms with Gasteiger partial charge in [-0.3, -0.25) is 0 Å². The van der Waals surface area contributed by atoms with Gasteiger partial charge < -0.3 is 9.47 Å². The maximum absolute atomic E-state index is 2.43. The van der Waals surface area contributed by atoms with Crippen molar-refractivity contribution in [3.63, 3.8) is 0 Å². The molecule has 0 radical (unpaired) electrons. The summed E-state index contributed by atoms with van der Waals surface area (Å²) in [5.74, 6) is 0. The fraction of sp³-hybridized carbons (Fsp3) is 0.0545. The summed E-state index contributed by atoms with van der Waals surface area (Å²) in [6.45, 7) is 4.73. The van der Waals surface area contributed by atoms with E-state index in [2.05, 4.69) is 230 Å². The lowest BCUT2D eigenvalue weighted by atomic mass is 9.79. The molecule has 1 aromatic heterocycles. The van der Waals surface area contributed by atoms with Crippen molar-refractivity contribution in [1.29, 1.82) is 0 Å². The SMILES string of the molecule is CC1(C)c2ccccc2-c2cccc(-c3ccc(N(c4ccc(-n5c6ccccc6c6ccccc65)cc4)c4ccc5ccccc5c4-c4ccccc4)cc3)c21. The number of anilines is 3. The van der Waals surface area contributed by atoms with E-state index in [1.165, 1.54) is 77.1 Å². The summed E-state index contributed by atoms with van der Waals surface area (Å²) in [6, 6.07) is 75.6. The third-order valence-electron chi connectivity index (χ3n) is 12.2. The Hall–Kier alpha value is -7.16. The molecule has 0 N–H and O–H groups in total. The zero-order chi connectivity index (χ0) is 38.1. The molecular weight excluding hydrogens is 689 g/mol. The molecule has 0 saturated carbocycles. The lowest BCUT2D eigenvalue weighted by Crippen LogP contribution is -2.16. The Bertz CT molecular complexity index is 3080. The van der Waals surface area contributed by atoms with E-state index in [1.54, 1.807) is 0 Å². The summed E-state index contributed by atoms with van der Waals surface area (Å²) in [4.78, 5) is 2.43. The molecule has 0 bridgehead atoms. The quantitative estimate of drug-likeness (QED) is 0.165. The van der Waals surface area contributed by atoms with Gasteiger partial charge in [0.2, 0.25) is 0 Å². The van der Waals surface area contributed by atoms with Crippen LogP contribution in [0.2, 0.25) is 0 Å². The number of nitrogens with zero attached hydrogens (tertiary/aromatic N) is 2. The molecule has 1 aliphatic rings. The van der Waals surface area contributed by atoms with E-state index in [1.807, 2.05) is 0 Å². The van der Waals surface area contributed by atoms with Crippen molar-refractivity contribution < 1.29 is 0 Å². The van der Waals surface area contributed by atoms with E-state index in [-0.39, 0.29) is 5.41 Å². The highest BCUT2D eigenvalue weighted by molar-refractivity contribution is 6.09. The lowest BCUT2D eigenvalue weighted by molar-refractivity contribution is 0.662. The van der Waals surface area contributed by atoms with Gasteiger partial charge >= 0.3 is 0 Å². The number of hydrogen-bond donors (Lipinski definition) is 0. The van der Waals surface area contributed by atoms with Crippen LogP contribution >= 0.6 is 0 Å². The highest BCUT2D eigenvalue weighted by Gasteiger charge is 2.37. The first-order chi connectivity index (χ1) is 28.1. The van der Waals surface area contributed by atoms with Crippen molar-refractivity contribution in [2.75, 3.05) is 4.90 Å². The Labute approximate surface area is 333 Å². The molecule has 11 rings (SSSR count). The molecule has 9 aromatic carbocycles. The van der Waals surface area contributed by atoms with Crippen LogP contribution in [-0.2, 0) is 5.41 Å². The van der Waals surface area contributed by atoms with Crippen LogP contribution in [-0.4, -0.2) is 4.57 Å². The monoisotopic (exact) mass is 728 g/mol. The van der Waals surface area contributed by atoms with Crippen molar-refractivity contribution in [3.8, 4) is 39.1 Å². The van der Waals surface area contributed by atoms with Crippen LogP contribution in [0.4, 0.5) is 17.1 Å². The van der Waals surface area contributed by atoms with Crippen molar-refractivity contribution in [3.05, 3.63) is 217 Å². The number of fused-ring (bicyclic) bond motifs is 7. The number of para-hydroxylation sites is 2. The zero-order valence-electron chi connectivity index (χ0n) is 32.0. The van der Waals surface area contributed by atoms with E-state index in [9.17, 15) is 0 Å². The van der Waals surface area contributed by atoms with Crippen molar-refractivity contribution in [1.82, 2.24) is 4.57 Å². The second-order valence-corrected chi connectivity index (χ2v) is 15.7. The molecule has 0 aliphatic heterocycles. The molecule has 0 amide bonds. The number of aromatic nitrogens is 1. The first-order valence-electron chi connectivity index (χ1n) is 19.9. The molecule has 0 fully saturated rings. The predicted molar refractivity (Wildman–Crippen MR) is 241 cm³/mol. The first-order valence-corrected chi connectivity index (χ1v) is 19.9. The maximum atomic E-state index is 2.43. The molecule has 57 heavy (non-hydrogen) atoms. The van der Waals surface area contributed by atoms with E-state index >= 15 is 0 Å². The van der Waals surface area contributed by atoms with Gasteiger partial charge in [-0.15, -0.1) is 0 Å². The maximum Gasteiger partial charge on any atom is 0.0546 e. The third-order valence-corrected chi connectivity index (χ3v) is 12.2. The molecule has 0 atom stereocenters. The van der Waals surface area contributed by atoms with Crippen LogP contribution in [0.5, 0.6) is 0 Å². The third kappa shape index (κ3) is 5.18. The number of hydrogen-bond acceptors (Lipinski definition) is 1. The van der Waals surface area contributed by atoms with Crippen LogP contribution in [0.25, 0.3) is 71.6 Å². The summed E-state index contributed by atoms with van der Waals surface area (Å²) >= 11 is 0. The summed E-state index contributed by atoms with van der Waals surface area (Å²) < 4.78 is 2.39. The fourth-order valence-electron chi connectivity index (χ4n) is 9.61. The van der Waals surface area contributed by atoms with E-state index in [4.69, 9.17) is 0 Å². The minimum atomic E-state index is -0.0962. The van der Waals surface area contributed by atoms with Crippen LogP contribution in [0.3, 0.4) is 0 Å². The van der Waals surface area contributed by atoms with Crippen molar-refractivity contribution in [2.45, 2.75) is 19.3 Å². The molecule has 0 spiro atoms. The normalized spacial score (nSPS) is 12.9. The van der Waals surface area contributed by atoms with Crippen LogP contribution < -0.4 is 4.90 Å². The molecule has 1 aliphatic carbocycles. The molecule has 2 nitrogen and oxygen atoms in total. The lowest BCUT2D eigenvalue weighted by Gasteiger charge is -2.29. The topological polar surface area (TPSA) is 8.17 Å². The minimum absolute atomic E-state index is 0.0962. The Morgan fingerprint density at radius 1 is 0.404 bits per heavy atom. The molecule has 0 saturated heterocycles. The highest BCUT2D eigenvalue weighted by atomic mass is 15.1. The van der Waals surface area contributed by atoms with Gasteiger partial charge in [-0.1, -0.05) is 166 Å². The van der Waals surface area contributed by atoms with E-state index < -0.39 is 0 Å². The second kappa shape index (κ2) is 13.0. The van der Waals surface area contributed by atoms with Gasteiger partial charge in [0.25, 0.3) is 0 Å². The predicted octanol–water partition coefficient (Wildman–Crippen LogP) is 15.0. The van der Waals surface area contributed by atoms with Crippen molar-refractivity contribution >= 4 is 49.6 Å². The summed E-state index contributed by atoms with van der Waals surface area (Å²) in [6.07, 6.45) is 0. The molecule has 270 valence electrons. The molecule has 2 heteroatoms. The average molecular weight is 729 g/mol. The highest BCUT2D eigenvalue weighted by Crippen LogP contribution is 2.52. The van der Waals surface area contributed by atoms with Gasteiger partial charge in [-0.2, -0.15) is 0 Å². The standard InChI is InChI=1S/C55H40N2/c1-55(2)49-24-11-8-19-45(49)48-23-14-22-44(54(48)55)38-27-30-40(31-28-38)56(52-36-29-37-15-6-7-18-43(37)53(52)39-16-4-3-5-17-39)41-32-34-42(35-33-41)57-50-25-12-9-20-46(50)47-21-10-13-26-51(47)57/h3-36H,1-2H3. The van der Waals surface area contributed by atoms with Crippen LogP contribution in [0.1, 0.15) is 25.0 Å². The average Bonchev–Trinajstić information content (AvgIpc) is 3.73. The summed E-state index contributed by atoms with van der Waals surface area (Å²) in [7, 11) is 0. The molecule has 0 unspecified atom stereocenters. The van der Waals surface area contributed by atoms with Gasteiger partial charge in [0.05, 0.1) is 16.7 Å². The van der Waals surface area contributed by atoms with Crippen LogP contribution in [0.15, 0.2) is 206 Å². The minimum Gasteiger partial charge on any atom is -0.310 e. The smallest absolute Gasteiger partial charge is 0.0546 e.